The fourth-order valence-corrected chi connectivity index (χ4v) is 6.26. The predicted molar refractivity (Wildman–Crippen MR) is 129 cm³/mol. The van der Waals surface area contributed by atoms with Gasteiger partial charge in [-0.2, -0.15) is 0 Å². The number of thiazole rings is 1. The number of thiophene rings is 1. The van der Waals surface area contributed by atoms with E-state index < -0.39 is 0 Å². The second kappa shape index (κ2) is 9.48. The lowest BCUT2D eigenvalue weighted by Gasteiger charge is -2.31. The lowest BCUT2D eigenvalue weighted by atomic mass is 9.97. The smallest absolute Gasteiger partial charge is 0.289 e. The van der Waals surface area contributed by atoms with Crippen LogP contribution in [0.5, 0.6) is 0 Å². The number of likely N-dealkylation sites (tertiary alicyclic amines) is 1. The number of anilines is 1. The van der Waals surface area contributed by atoms with E-state index in [0.717, 1.165) is 23.8 Å². The normalized spacial score (nSPS) is 16.4. The Morgan fingerprint density at radius 1 is 1.19 bits per heavy atom. The average Bonchev–Trinajstić information content (AvgIpc) is 3.58. The number of carbonyl (C=O) groups excluding carboxylic acids is 2. The number of furan rings is 1. The number of fused-ring (bicyclic) bond motifs is 1. The summed E-state index contributed by atoms with van der Waals surface area (Å²) in [7, 11) is 0. The highest BCUT2D eigenvalue weighted by Crippen LogP contribution is 2.35. The molecule has 32 heavy (non-hydrogen) atoms. The van der Waals surface area contributed by atoms with Gasteiger partial charge in [-0.15, -0.1) is 34.4 Å². The predicted octanol–water partition coefficient (Wildman–Crippen LogP) is 5.73. The Kier molecular flexibility index (Phi) is 6.29. The summed E-state index contributed by atoms with van der Waals surface area (Å²) in [6, 6.07) is 11.9. The van der Waals surface area contributed by atoms with Gasteiger partial charge in [0.2, 0.25) is 5.91 Å². The molecule has 1 aliphatic heterocycles. The molecule has 2 amide bonds. The molecule has 4 heterocycles. The largest absolute Gasteiger partial charge is 0.451 e. The van der Waals surface area contributed by atoms with Crippen molar-refractivity contribution < 1.29 is 14.0 Å². The van der Waals surface area contributed by atoms with Gasteiger partial charge in [-0.25, -0.2) is 4.98 Å². The number of piperidine rings is 1. The van der Waals surface area contributed by atoms with Crippen molar-refractivity contribution in [1.29, 1.82) is 0 Å². The Morgan fingerprint density at radius 2 is 2.09 bits per heavy atom. The zero-order valence-corrected chi connectivity index (χ0v) is 19.6. The molecular formula is C23H21N3O3S3. The van der Waals surface area contributed by atoms with Crippen molar-refractivity contribution in [3.8, 4) is 0 Å². The van der Waals surface area contributed by atoms with Crippen LogP contribution in [0, 0.1) is 5.92 Å². The van der Waals surface area contributed by atoms with E-state index in [4.69, 9.17) is 4.42 Å². The Labute approximate surface area is 197 Å². The highest BCUT2D eigenvalue weighted by atomic mass is 32.2. The first-order chi connectivity index (χ1) is 15.7. The lowest BCUT2D eigenvalue weighted by molar-refractivity contribution is -0.121. The molecule has 1 aromatic carbocycles. The van der Waals surface area contributed by atoms with Crippen molar-refractivity contribution in [2.45, 2.75) is 22.8 Å². The summed E-state index contributed by atoms with van der Waals surface area (Å²) in [5, 5.41) is 8.29. The molecule has 1 fully saturated rings. The SMILES string of the molecule is O=C(Nc1nccs1)C1CCCN(C(=O)c2oc3ccccc3c2CSc2cccs2)C1. The van der Waals surface area contributed by atoms with Gasteiger partial charge >= 0.3 is 0 Å². The number of aromatic nitrogens is 1. The van der Waals surface area contributed by atoms with E-state index in [1.165, 1.54) is 15.5 Å². The summed E-state index contributed by atoms with van der Waals surface area (Å²) in [4.78, 5) is 32.1. The van der Waals surface area contributed by atoms with Crippen LogP contribution in [-0.2, 0) is 10.5 Å². The molecule has 1 unspecified atom stereocenters. The fraction of sp³-hybridized carbons (Fsp3) is 0.261. The Morgan fingerprint density at radius 3 is 2.91 bits per heavy atom. The second-order valence-electron chi connectivity index (χ2n) is 7.54. The molecule has 4 aromatic rings. The maximum Gasteiger partial charge on any atom is 0.289 e. The molecule has 164 valence electrons. The maximum atomic E-state index is 13.5. The third kappa shape index (κ3) is 4.46. The molecule has 6 nitrogen and oxygen atoms in total. The van der Waals surface area contributed by atoms with Gasteiger partial charge < -0.3 is 14.6 Å². The maximum absolute atomic E-state index is 13.5. The van der Waals surface area contributed by atoms with Crippen LogP contribution in [0.25, 0.3) is 11.0 Å². The van der Waals surface area contributed by atoms with Crippen molar-refractivity contribution in [3.63, 3.8) is 0 Å². The molecule has 5 rings (SSSR count). The first-order valence-corrected chi connectivity index (χ1v) is 13.1. The van der Waals surface area contributed by atoms with Crippen LogP contribution in [-0.4, -0.2) is 34.8 Å². The molecule has 0 saturated carbocycles. The van der Waals surface area contributed by atoms with Crippen LogP contribution in [0.15, 0.2) is 62.0 Å². The molecule has 0 spiro atoms. The van der Waals surface area contributed by atoms with Gasteiger partial charge in [-0.05, 0) is 30.4 Å². The summed E-state index contributed by atoms with van der Waals surface area (Å²) < 4.78 is 7.25. The zero-order valence-electron chi connectivity index (χ0n) is 17.2. The minimum Gasteiger partial charge on any atom is -0.451 e. The van der Waals surface area contributed by atoms with Crippen LogP contribution in [0.1, 0.15) is 29.0 Å². The van der Waals surface area contributed by atoms with Crippen molar-refractivity contribution in [2.75, 3.05) is 18.4 Å². The summed E-state index contributed by atoms with van der Waals surface area (Å²) in [6.45, 7) is 0.999. The van der Waals surface area contributed by atoms with Gasteiger partial charge in [0.1, 0.15) is 5.58 Å². The number of hydrogen-bond donors (Lipinski definition) is 1. The van der Waals surface area contributed by atoms with Gasteiger partial charge in [0.05, 0.1) is 10.1 Å². The third-order valence-corrected chi connectivity index (χ3v) is 8.33. The van der Waals surface area contributed by atoms with Gasteiger partial charge in [0.25, 0.3) is 5.91 Å². The second-order valence-corrected chi connectivity index (χ2v) is 10.7. The number of amides is 2. The van der Waals surface area contributed by atoms with Gasteiger partial charge in [-0.1, -0.05) is 24.3 Å². The number of nitrogens with zero attached hydrogens (tertiary/aromatic N) is 2. The number of rotatable bonds is 6. The van der Waals surface area contributed by atoms with Crippen LogP contribution in [0.4, 0.5) is 5.13 Å². The first-order valence-electron chi connectivity index (χ1n) is 10.4. The molecule has 1 aliphatic rings. The third-order valence-electron chi connectivity index (χ3n) is 5.49. The molecule has 1 saturated heterocycles. The minimum atomic E-state index is -0.259. The van der Waals surface area contributed by atoms with Gasteiger partial charge in [0, 0.05) is 41.4 Å². The Hall–Kier alpha value is -2.62. The number of hydrogen-bond acceptors (Lipinski definition) is 7. The number of thioether (sulfide) groups is 1. The number of benzene rings is 1. The van der Waals surface area contributed by atoms with E-state index in [9.17, 15) is 9.59 Å². The van der Waals surface area contributed by atoms with Crippen LogP contribution in [0.2, 0.25) is 0 Å². The molecule has 1 atom stereocenters. The highest BCUT2D eigenvalue weighted by molar-refractivity contribution is 8.00. The minimum absolute atomic E-state index is 0.0875. The van der Waals surface area contributed by atoms with E-state index in [1.807, 2.05) is 41.1 Å². The molecule has 9 heteroatoms. The van der Waals surface area contributed by atoms with Crippen LogP contribution >= 0.6 is 34.4 Å². The standard InChI is InChI=1S/C23H21N3O3S3/c27-21(25-23-24-9-12-31-23)15-5-3-10-26(13-15)22(28)20-17(14-32-19-8-4-11-30-19)16-6-1-2-7-18(16)29-20/h1-2,4,6-9,11-12,15H,3,5,10,13-14H2,(H,24,25,27). The summed E-state index contributed by atoms with van der Waals surface area (Å²) >= 11 is 4.78. The molecule has 0 aliphatic carbocycles. The average molecular weight is 484 g/mol. The van der Waals surface area contributed by atoms with Crippen LogP contribution < -0.4 is 5.32 Å². The van der Waals surface area contributed by atoms with Crippen molar-refractivity contribution in [3.05, 3.63) is 64.7 Å². The van der Waals surface area contributed by atoms with E-state index in [2.05, 4.69) is 16.4 Å². The summed E-state index contributed by atoms with van der Waals surface area (Å²) in [5.74, 6) is 0.548. The van der Waals surface area contributed by atoms with Gasteiger partial charge in [0.15, 0.2) is 10.9 Å². The first kappa shape index (κ1) is 21.2. The molecule has 0 radical (unpaired) electrons. The number of carbonyl (C=O) groups is 2. The fourth-order valence-electron chi connectivity index (χ4n) is 3.92. The number of nitrogens with one attached hydrogen (secondary N) is 1. The molecule has 1 N–H and O–H groups in total. The highest BCUT2D eigenvalue weighted by Gasteiger charge is 2.32. The van der Waals surface area contributed by atoms with Crippen molar-refractivity contribution in [2.24, 2.45) is 5.92 Å². The van der Waals surface area contributed by atoms with E-state index in [-0.39, 0.29) is 17.7 Å². The lowest BCUT2D eigenvalue weighted by Crippen LogP contribution is -2.43. The van der Waals surface area contributed by atoms with Crippen molar-refractivity contribution >= 4 is 62.4 Å². The van der Waals surface area contributed by atoms with Crippen molar-refractivity contribution in [1.82, 2.24) is 9.88 Å². The Bertz CT molecular complexity index is 1220. The molecular weight excluding hydrogens is 462 g/mol. The summed E-state index contributed by atoms with van der Waals surface area (Å²) in [6.07, 6.45) is 3.19. The number of para-hydroxylation sites is 1. The zero-order chi connectivity index (χ0) is 21.9. The summed E-state index contributed by atoms with van der Waals surface area (Å²) in [5.41, 5.74) is 1.63. The quantitative estimate of drug-likeness (QED) is 0.354. The van der Waals surface area contributed by atoms with E-state index in [1.54, 1.807) is 34.2 Å². The molecule has 0 bridgehead atoms. The van der Waals surface area contributed by atoms with E-state index >= 15 is 0 Å². The van der Waals surface area contributed by atoms with Crippen LogP contribution in [0.3, 0.4) is 0 Å². The molecule has 3 aromatic heterocycles. The Balaban J connectivity index is 1.36. The van der Waals surface area contributed by atoms with Gasteiger partial charge in [-0.3, -0.25) is 9.59 Å². The monoisotopic (exact) mass is 483 g/mol. The topological polar surface area (TPSA) is 75.4 Å². The van der Waals surface area contributed by atoms with E-state index in [0.29, 0.717) is 35.3 Å².